The molecule has 20 heavy (non-hydrogen) atoms. The Morgan fingerprint density at radius 1 is 1.50 bits per heavy atom. The fraction of sp³-hybridized carbons (Fsp3) is 0.357. The Balaban J connectivity index is 2.11. The summed E-state index contributed by atoms with van der Waals surface area (Å²) in [4.78, 5) is 22.7. The average molecular weight is 275 g/mol. The van der Waals surface area contributed by atoms with Crippen molar-refractivity contribution >= 4 is 11.6 Å². The normalized spacial score (nSPS) is 14.6. The second-order valence-corrected chi connectivity index (χ2v) is 4.73. The lowest BCUT2D eigenvalue weighted by molar-refractivity contribution is -0.385. The molecule has 1 aliphatic heterocycles. The Kier molecular flexibility index (Phi) is 4.47. The molecule has 0 spiro atoms. The zero-order valence-electron chi connectivity index (χ0n) is 11.3. The highest BCUT2D eigenvalue weighted by Crippen LogP contribution is 2.22. The first-order chi connectivity index (χ1) is 9.59. The average Bonchev–Trinajstić information content (AvgIpc) is 2.45. The summed E-state index contributed by atoms with van der Waals surface area (Å²) in [6.07, 6.45) is 2.92. The first-order valence-corrected chi connectivity index (χ1v) is 6.50. The van der Waals surface area contributed by atoms with Gasteiger partial charge in [0.25, 0.3) is 11.6 Å². The van der Waals surface area contributed by atoms with Crippen LogP contribution >= 0.6 is 0 Å². The number of nitrogens with one attached hydrogen (secondary N) is 2. The van der Waals surface area contributed by atoms with Crippen molar-refractivity contribution in [2.45, 2.75) is 13.3 Å². The van der Waals surface area contributed by atoms with Gasteiger partial charge >= 0.3 is 0 Å². The van der Waals surface area contributed by atoms with E-state index >= 15 is 0 Å². The van der Waals surface area contributed by atoms with Crippen molar-refractivity contribution in [2.75, 3.05) is 19.6 Å². The monoisotopic (exact) mass is 275 g/mol. The number of aryl methyl sites for hydroxylation is 1. The van der Waals surface area contributed by atoms with E-state index in [1.807, 2.05) is 6.08 Å². The fourth-order valence-electron chi connectivity index (χ4n) is 2.20. The van der Waals surface area contributed by atoms with Crippen molar-refractivity contribution in [3.05, 3.63) is 51.1 Å². The minimum Gasteiger partial charge on any atom is -0.348 e. The molecule has 0 aliphatic carbocycles. The van der Waals surface area contributed by atoms with Gasteiger partial charge < -0.3 is 10.6 Å². The molecule has 0 radical (unpaired) electrons. The van der Waals surface area contributed by atoms with Gasteiger partial charge in [0, 0.05) is 18.7 Å². The number of rotatable bonds is 4. The van der Waals surface area contributed by atoms with Crippen LogP contribution in [0.2, 0.25) is 0 Å². The molecule has 2 N–H and O–H groups in total. The molecule has 1 aromatic rings. The summed E-state index contributed by atoms with van der Waals surface area (Å²) in [5.41, 5.74) is 1.63. The number of nitro groups is 1. The number of hydrogen-bond acceptors (Lipinski definition) is 4. The lowest BCUT2D eigenvalue weighted by Crippen LogP contribution is -2.30. The smallest absolute Gasteiger partial charge is 0.285 e. The second-order valence-electron chi connectivity index (χ2n) is 4.73. The fourth-order valence-corrected chi connectivity index (χ4v) is 2.20. The molecule has 1 aromatic carbocycles. The van der Waals surface area contributed by atoms with Gasteiger partial charge in [0.05, 0.1) is 4.92 Å². The molecule has 6 nitrogen and oxygen atoms in total. The van der Waals surface area contributed by atoms with Gasteiger partial charge in [0.2, 0.25) is 0 Å². The third kappa shape index (κ3) is 3.21. The Morgan fingerprint density at radius 2 is 2.30 bits per heavy atom. The summed E-state index contributed by atoms with van der Waals surface area (Å²) in [5, 5.41) is 17.0. The molecular weight excluding hydrogens is 258 g/mol. The van der Waals surface area contributed by atoms with E-state index in [0.29, 0.717) is 12.1 Å². The van der Waals surface area contributed by atoms with Crippen LogP contribution in [-0.2, 0) is 0 Å². The molecule has 0 bridgehead atoms. The summed E-state index contributed by atoms with van der Waals surface area (Å²) in [7, 11) is 0. The van der Waals surface area contributed by atoms with Gasteiger partial charge in [-0.05, 0) is 26.0 Å². The van der Waals surface area contributed by atoms with Crippen molar-refractivity contribution in [3.8, 4) is 0 Å². The van der Waals surface area contributed by atoms with E-state index in [2.05, 4.69) is 10.6 Å². The first-order valence-electron chi connectivity index (χ1n) is 6.50. The molecular formula is C14H17N3O3. The van der Waals surface area contributed by atoms with Gasteiger partial charge in [-0.15, -0.1) is 0 Å². The lowest BCUT2D eigenvalue weighted by atomic mass is 10.1. The van der Waals surface area contributed by atoms with E-state index in [1.54, 1.807) is 19.1 Å². The number of benzene rings is 1. The predicted molar refractivity (Wildman–Crippen MR) is 75.7 cm³/mol. The highest BCUT2D eigenvalue weighted by Gasteiger charge is 2.22. The second kappa shape index (κ2) is 6.29. The molecule has 6 heteroatoms. The van der Waals surface area contributed by atoms with Gasteiger partial charge in [-0.1, -0.05) is 23.8 Å². The van der Waals surface area contributed by atoms with Crippen LogP contribution in [0.4, 0.5) is 5.69 Å². The van der Waals surface area contributed by atoms with Crippen LogP contribution in [0, 0.1) is 17.0 Å². The SMILES string of the molecule is Cc1cccc(C(=O)NCC2=CCNCC2)c1[N+](=O)[O-]. The number of nitrogens with zero attached hydrogens (tertiary/aromatic N) is 1. The molecule has 0 atom stereocenters. The number of para-hydroxylation sites is 1. The molecule has 0 saturated heterocycles. The highest BCUT2D eigenvalue weighted by molar-refractivity contribution is 5.98. The van der Waals surface area contributed by atoms with Crippen LogP contribution in [0.1, 0.15) is 22.3 Å². The summed E-state index contributed by atoms with van der Waals surface area (Å²) in [5.74, 6) is -0.403. The van der Waals surface area contributed by atoms with Crippen LogP contribution in [-0.4, -0.2) is 30.5 Å². The van der Waals surface area contributed by atoms with E-state index in [0.717, 1.165) is 25.1 Å². The van der Waals surface area contributed by atoms with Crippen LogP contribution in [0.5, 0.6) is 0 Å². The molecule has 0 aromatic heterocycles. The van der Waals surface area contributed by atoms with Crippen LogP contribution < -0.4 is 10.6 Å². The van der Waals surface area contributed by atoms with Crippen LogP contribution in [0.15, 0.2) is 29.8 Å². The number of amides is 1. The van der Waals surface area contributed by atoms with Gasteiger partial charge in [0.15, 0.2) is 0 Å². The maximum absolute atomic E-state index is 12.1. The van der Waals surface area contributed by atoms with Crippen LogP contribution in [0.3, 0.4) is 0 Å². The Morgan fingerprint density at radius 3 is 2.95 bits per heavy atom. The quantitative estimate of drug-likeness (QED) is 0.496. The minimum atomic E-state index is -0.506. The maximum atomic E-state index is 12.1. The number of carbonyl (C=O) groups excluding carboxylic acids is 1. The third-order valence-corrected chi connectivity index (χ3v) is 3.30. The van der Waals surface area contributed by atoms with E-state index in [1.165, 1.54) is 6.07 Å². The van der Waals surface area contributed by atoms with Crippen molar-refractivity contribution in [1.29, 1.82) is 0 Å². The summed E-state index contributed by atoms with van der Waals surface area (Å²) in [6, 6.07) is 4.77. The van der Waals surface area contributed by atoms with Gasteiger partial charge in [-0.25, -0.2) is 0 Å². The van der Waals surface area contributed by atoms with Crippen molar-refractivity contribution in [2.24, 2.45) is 0 Å². The lowest BCUT2D eigenvalue weighted by Gasteiger charge is -2.14. The third-order valence-electron chi connectivity index (χ3n) is 3.30. The summed E-state index contributed by atoms with van der Waals surface area (Å²) < 4.78 is 0. The van der Waals surface area contributed by atoms with Gasteiger partial charge in [-0.2, -0.15) is 0 Å². The van der Waals surface area contributed by atoms with Crippen molar-refractivity contribution in [1.82, 2.24) is 10.6 Å². The largest absolute Gasteiger partial charge is 0.348 e. The molecule has 0 fully saturated rings. The maximum Gasteiger partial charge on any atom is 0.285 e. The molecule has 1 aliphatic rings. The summed E-state index contributed by atoms with van der Waals surface area (Å²) >= 11 is 0. The molecule has 0 saturated carbocycles. The van der Waals surface area contributed by atoms with Gasteiger partial charge in [-0.3, -0.25) is 14.9 Å². The van der Waals surface area contributed by atoms with E-state index in [9.17, 15) is 14.9 Å². The summed E-state index contributed by atoms with van der Waals surface area (Å²) in [6.45, 7) is 3.76. The highest BCUT2D eigenvalue weighted by atomic mass is 16.6. The number of nitro benzene ring substituents is 1. The number of carbonyl (C=O) groups is 1. The molecule has 2 rings (SSSR count). The predicted octanol–water partition coefficient (Wildman–Crippen LogP) is 1.55. The molecule has 1 heterocycles. The van der Waals surface area contributed by atoms with Gasteiger partial charge in [0.1, 0.15) is 5.56 Å². The number of hydrogen-bond donors (Lipinski definition) is 2. The Labute approximate surface area is 117 Å². The first kappa shape index (κ1) is 14.2. The van der Waals surface area contributed by atoms with Crippen molar-refractivity contribution in [3.63, 3.8) is 0 Å². The Bertz CT molecular complexity index is 567. The minimum absolute atomic E-state index is 0.115. The van der Waals surface area contributed by atoms with Crippen LogP contribution in [0.25, 0.3) is 0 Å². The van der Waals surface area contributed by atoms with E-state index in [4.69, 9.17) is 0 Å². The Hall–Kier alpha value is -2.21. The zero-order valence-corrected chi connectivity index (χ0v) is 11.3. The molecule has 106 valence electrons. The topological polar surface area (TPSA) is 84.3 Å². The molecule has 1 amide bonds. The van der Waals surface area contributed by atoms with E-state index < -0.39 is 10.8 Å². The van der Waals surface area contributed by atoms with Crippen molar-refractivity contribution < 1.29 is 9.72 Å². The van der Waals surface area contributed by atoms with E-state index in [-0.39, 0.29) is 11.3 Å². The molecule has 0 unspecified atom stereocenters. The zero-order chi connectivity index (χ0) is 14.5. The standard InChI is InChI=1S/C14H17N3O3/c1-10-3-2-4-12(13(10)17(19)20)14(18)16-9-11-5-7-15-8-6-11/h2-5,15H,6-9H2,1H3,(H,16,18).